The van der Waals surface area contributed by atoms with Gasteiger partial charge in [-0.25, -0.2) is 9.59 Å². The van der Waals surface area contributed by atoms with E-state index in [1.54, 1.807) is 13.0 Å². The molecular weight excluding hydrogens is 404 g/mol. The van der Waals surface area contributed by atoms with E-state index >= 15 is 0 Å². The van der Waals surface area contributed by atoms with E-state index in [0.717, 1.165) is 25.7 Å². The molecular formula is C23H32O8. The Kier molecular flexibility index (Phi) is 9.97. The first-order valence-electron chi connectivity index (χ1n) is 10.5. The normalized spacial score (nSPS) is 24.6. The Labute approximate surface area is 182 Å². The van der Waals surface area contributed by atoms with Crippen LogP contribution in [-0.2, 0) is 23.7 Å². The van der Waals surface area contributed by atoms with E-state index in [9.17, 15) is 19.8 Å². The van der Waals surface area contributed by atoms with Crippen LogP contribution in [-0.4, -0.2) is 60.0 Å². The van der Waals surface area contributed by atoms with Crippen LogP contribution < -0.4 is 0 Å². The molecule has 0 radical (unpaired) electrons. The Morgan fingerprint density at radius 1 is 1.26 bits per heavy atom. The van der Waals surface area contributed by atoms with Gasteiger partial charge in [0.2, 0.25) is 0 Å². The Hall–Kier alpha value is -2.42. The van der Waals surface area contributed by atoms with Crippen molar-refractivity contribution in [3.63, 3.8) is 0 Å². The number of allylic oxidation sites excluding steroid dienone is 1. The molecule has 1 aromatic rings. The number of carbonyl (C=O) groups is 2. The van der Waals surface area contributed by atoms with Gasteiger partial charge in [-0.05, 0) is 57.4 Å². The number of aliphatic hydroxyl groups excluding tert-OH is 1. The molecule has 2 N–H and O–H groups in total. The number of rotatable bonds is 10. The van der Waals surface area contributed by atoms with E-state index in [1.807, 2.05) is 6.92 Å². The van der Waals surface area contributed by atoms with Crippen LogP contribution in [0.5, 0.6) is 5.75 Å². The van der Waals surface area contributed by atoms with Crippen molar-refractivity contribution in [2.75, 3.05) is 7.11 Å². The number of phenolic OH excluding ortho intramolecular Hbond substituents is 1. The van der Waals surface area contributed by atoms with E-state index in [1.165, 1.54) is 37.5 Å². The van der Waals surface area contributed by atoms with Gasteiger partial charge in [-0.2, -0.15) is 0 Å². The Morgan fingerprint density at radius 2 is 1.97 bits per heavy atom. The molecule has 2 unspecified atom stereocenters. The van der Waals surface area contributed by atoms with Crippen LogP contribution >= 0.6 is 0 Å². The number of methoxy groups -OCH3 is 1. The molecule has 5 atom stereocenters. The molecule has 0 aliphatic carbocycles. The third kappa shape index (κ3) is 8.32. The minimum absolute atomic E-state index is 0.0631. The fourth-order valence-electron chi connectivity index (χ4n) is 3.24. The van der Waals surface area contributed by atoms with Gasteiger partial charge in [0.1, 0.15) is 18.0 Å². The number of carbonyl (C=O) groups excluding carboxylic acids is 2. The molecule has 0 aromatic heterocycles. The summed E-state index contributed by atoms with van der Waals surface area (Å²) in [6.07, 6.45) is 3.91. The molecule has 8 nitrogen and oxygen atoms in total. The van der Waals surface area contributed by atoms with Crippen molar-refractivity contribution in [3.05, 3.63) is 42.0 Å². The van der Waals surface area contributed by atoms with Gasteiger partial charge in [0, 0.05) is 12.5 Å². The highest BCUT2D eigenvalue weighted by Gasteiger charge is 2.38. The summed E-state index contributed by atoms with van der Waals surface area (Å²) in [5.41, 5.74) is 0.313. The molecule has 31 heavy (non-hydrogen) atoms. The molecule has 1 saturated heterocycles. The fourth-order valence-corrected chi connectivity index (χ4v) is 3.24. The van der Waals surface area contributed by atoms with Crippen LogP contribution in [0.1, 0.15) is 56.3 Å². The topological polar surface area (TPSA) is 112 Å². The second-order valence-corrected chi connectivity index (χ2v) is 7.66. The number of aromatic hydroxyl groups is 1. The lowest BCUT2D eigenvalue weighted by Gasteiger charge is -2.38. The second kappa shape index (κ2) is 12.4. The number of phenols is 1. The SMILES string of the molecule is COC(=O)C=CCCCC[C@H](C)O[C@@H]1OC(C)[C@H](OC(=O)c2ccc(O)cc2)CC1O. The predicted octanol–water partition coefficient (Wildman–Crippen LogP) is 3.11. The summed E-state index contributed by atoms with van der Waals surface area (Å²) < 4.78 is 21.6. The minimum Gasteiger partial charge on any atom is -0.508 e. The van der Waals surface area contributed by atoms with Crippen LogP contribution in [0, 0.1) is 0 Å². The first kappa shape index (κ1) is 24.8. The van der Waals surface area contributed by atoms with E-state index in [0.29, 0.717) is 5.56 Å². The standard InChI is InChI=1S/C23H32O8/c1-15(8-6-4-5-7-9-21(26)28-3)29-23-19(25)14-20(16(2)30-23)31-22(27)17-10-12-18(24)13-11-17/h7,9-13,15-16,19-20,23-25H,4-6,8,14H2,1-3H3/t15-,16?,19?,20+,23+/m0/s1. The fraction of sp³-hybridized carbons (Fsp3) is 0.565. The Morgan fingerprint density at radius 3 is 2.65 bits per heavy atom. The molecule has 2 rings (SSSR count). The van der Waals surface area contributed by atoms with Crippen molar-refractivity contribution in [3.8, 4) is 5.75 Å². The highest BCUT2D eigenvalue weighted by molar-refractivity contribution is 5.89. The first-order chi connectivity index (χ1) is 14.8. The summed E-state index contributed by atoms with van der Waals surface area (Å²) in [5, 5.41) is 19.7. The summed E-state index contributed by atoms with van der Waals surface area (Å²) in [6, 6.07) is 5.77. The molecule has 1 heterocycles. The highest BCUT2D eigenvalue weighted by atomic mass is 16.7. The summed E-state index contributed by atoms with van der Waals surface area (Å²) >= 11 is 0. The smallest absolute Gasteiger partial charge is 0.338 e. The van der Waals surface area contributed by atoms with Crippen molar-refractivity contribution in [1.29, 1.82) is 0 Å². The lowest BCUT2D eigenvalue weighted by molar-refractivity contribution is -0.273. The summed E-state index contributed by atoms with van der Waals surface area (Å²) in [4.78, 5) is 23.3. The predicted molar refractivity (Wildman–Crippen MR) is 112 cm³/mol. The van der Waals surface area contributed by atoms with Gasteiger partial charge in [0.25, 0.3) is 0 Å². The number of ether oxygens (including phenoxy) is 4. The van der Waals surface area contributed by atoms with Crippen molar-refractivity contribution in [2.24, 2.45) is 0 Å². The van der Waals surface area contributed by atoms with Crippen LogP contribution in [0.25, 0.3) is 0 Å². The van der Waals surface area contributed by atoms with E-state index in [2.05, 4.69) is 4.74 Å². The maximum absolute atomic E-state index is 12.3. The largest absolute Gasteiger partial charge is 0.508 e. The van der Waals surface area contributed by atoms with Gasteiger partial charge in [-0.15, -0.1) is 0 Å². The Bertz CT molecular complexity index is 730. The zero-order valence-electron chi connectivity index (χ0n) is 18.2. The molecule has 1 fully saturated rings. The molecule has 0 amide bonds. The lowest BCUT2D eigenvalue weighted by atomic mass is 10.0. The van der Waals surface area contributed by atoms with Crippen LogP contribution in [0.15, 0.2) is 36.4 Å². The van der Waals surface area contributed by atoms with E-state index < -0.39 is 30.6 Å². The second-order valence-electron chi connectivity index (χ2n) is 7.66. The quantitative estimate of drug-likeness (QED) is 0.327. The molecule has 1 aliphatic rings. The van der Waals surface area contributed by atoms with Crippen molar-refractivity contribution in [1.82, 2.24) is 0 Å². The summed E-state index contributed by atoms with van der Waals surface area (Å²) in [6.45, 7) is 3.69. The van der Waals surface area contributed by atoms with Crippen LogP contribution in [0.3, 0.4) is 0 Å². The zero-order chi connectivity index (χ0) is 22.8. The number of benzene rings is 1. The molecule has 0 saturated carbocycles. The minimum atomic E-state index is -0.917. The Balaban J connectivity index is 1.73. The number of hydrogen-bond donors (Lipinski definition) is 2. The number of esters is 2. The summed E-state index contributed by atoms with van der Waals surface area (Å²) in [7, 11) is 1.34. The van der Waals surface area contributed by atoms with Gasteiger partial charge >= 0.3 is 11.9 Å². The average Bonchev–Trinajstić information content (AvgIpc) is 2.74. The zero-order valence-corrected chi connectivity index (χ0v) is 18.2. The van der Waals surface area contributed by atoms with Crippen molar-refractivity contribution < 1.29 is 38.7 Å². The monoisotopic (exact) mass is 436 g/mol. The molecule has 172 valence electrons. The van der Waals surface area contributed by atoms with E-state index in [4.69, 9.17) is 14.2 Å². The van der Waals surface area contributed by atoms with Crippen LogP contribution in [0.2, 0.25) is 0 Å². The molecule has 1 aliphatic heterocycles. The van der Waals surface area contributed by atoms with Crippen molar-refractivity contribution in [2.45, 2.75) is 76.7 Å². The first-order valence-corrected chi connectivity index (χ1v) is 10.5. The third-order valence-electron chi connectivity index (χ3n) is 5.07. The van der Waals surface area contributed by atoms with Gasteiger partial charge in [0.15, 0.2) is 6.29 Å². The van der Waals surface area contributed by atoms with Gasteiger partial charge < -0.3 is 29.2 Å². The van der Waals surface area contributed by atoms with E-state index in [-0.39, 0.29) is 24.2 Å². The van der Waals surface area contributed by atoms with Gasteiger partial charge in [-0.3, -0.25) is 0 Å². The molecule has 1 aromatic carbocycles. The highest BCUT2D eigenvalue weighted by Crippen LogP contribution is 2.26. The number of aliphatic hydroxyl groups is 1. The molecule has 0 spiro atoms. The number of unbranched alkanes of at least 4 members (excludes halogenated alkanes) is 2. The van der Waals surface area contributed by atoms with Gasteiger partial charge in [-0.1, -0.05) is 12.5 Å². The molecule has 0 bridgehead atoms. The molecule has 8 heteroatoms. The third-order valence-corrected chi connectivity index (χ3v) is 5.07. The van der Waals surface area contributed by atoms with Crippen molar-refractivity contribution >= 4 is 11.9 Å². The van der Waals surface area contributed by atoms with Gasteiger partial charge in [0.05, 0.1) is 24.9 Å². The average molecular weight is 437 g/mol. The maximum Gasteiger partial charge on any atom is 0.338 e. The summed E-state index contributed by atoms with van der Waals surface area (Å²) in [5.74, 6) is -0.837. The van der Waals surface area contributed by atoms with Crippen LogP contribution in [0.4, 0.5) is 0 Å². The lowest BCUT2D eigenvalue weighted by Crippen LogP contribution is -2.49. The number of hydrogen-bond acceptors (Lipinski definition) is 8. The maximum atomic E-state index is 12.3.